The van der Waals surface area contributed by atoms with Crippen LogP contribution >= 0.6 is 11.6 Å². The number of rotatable bonds is 10. The van der Waals surface area contributed by atoms with Gasteiger partial charge in [0.1, 0.15) is 17.9 Å². The van der Waals surface area contributed by atoms with E-state index >= 15 is 0 Å². The van der Waals surface area contributed by atoms with Crippen LogP contribution < -0.4 is 5.73 Å². The van der Waals surface area contributed by atoms with E-state index in [0.717, 1.165) is 54.1 Å². The summed E-state index contributed by atoms with van der Waals surface area (Å²) < 4.78 is 22.0. The molecule has 0 saturated carbocycles. The smallest absolute Gasteiger partial charge is 0.145 e. The number of morpholine rings is 1. The van der Waals surface area contributed by atoms with Crippen LogP contribution in [0.3, 0.4) is 0 Å². The molecule has 34 heavy (non-hydrogen) atoms. The lowest BCUT2D eigenvalue weighted by molar-refractivity contribution is -0.104. The van der Waals surface area contributed by atoms with Crippen molar-refractivity contribution >= 4 is 29.8 Å². The van der Waals surface area contributed by atoms with E-state index in [1.165, 1.54) is 0 Å². The first kappa shape index (κ1) is 27.6. The van der Waals surface area contributed by atoms with E-state index in [4.69, 9.17) is 27.1 Å². The molecule has 1 fully saturated rings. The molecule has 1 aliphatic heterocycles. The topological polar surface area (TPSA) is 73.4 Å². The summed E-state index contributed by atoms with van der Waals surface area (Å²) in [5.74, 6) is 0.0369. The van der Waals surface area contributed by atoms with Gasteiger partial charge in [0.05, 0.1) is 35.3 Å². The van der Waals surface area contributed by atoms with Crippen molar-refractivity contribution in [3.63, 3.8) is 0 Å². The van der Waals surface area contributed by atoms with E-state index in [0.29, 0.717) is 31.1 Å². The van der Waals surface area contributed by atoms with Gasteiger partial charge in [-0.15, -0.1) is 0 Å². The fourth-order valence-electron chi connectivity index (χ4n) is 4.15. The molecule has 2 rings (SSSR count). The summed E-state index contributed by atoms with van der Waals surface area (Å²) in [6.07, 6.45) is 7.39. The van der Waals surface area contributed by atoms with Crippen LogP contribution in [0.4, 0.5) is 4.39 Å². The van der Waals surface area contributed by atoms with E-state index < -0.39 is 5.83 Å². The maximum absolute atomic E-state index is 14.5. The first-order valence-electron chi connectivity index (χ1n) is 11.5. The standard InChI is InChI=1S/C26H36ClFN4O2/c1-7-9-32-25(19(5)29)20(6)30-26(32)18(4)21(16-22(27)23(28)8-12-33)24(15-17(2)3)31-10-13-34-14-11-31/h7-9,12,16-18H,5,10-11,13-15,29H2,1-4,6H3/b9-7-,22-16+,23-8-,24-21+. The molecule has 1 atom stereocenters. The molecule has 6 nitrogen and oxygen atoms in total. The van der Waals surface area contributed by atoms with Gasteiger partial charge in [-0.3, -0.25) is 4.79 Å². The Morgan fingerprint density at radius 1 is 1.32 bits per heavy atom. The summed E-state index contributed by atoms with van der Waals surface area (Å²) in [5, 5.41) is -0.132. The van der Waals surface area contributed by atoms with Crippen LogP contribution in [0.2, 0.25) is 0 Å². The van der Waals surface area contributed by atoms with Crippen molar-refractivity contribution < 1.29 is 13.9 Å². The molecule has 1 aromatic rings. The summed E-state index contributed by atoms with van der Waals surface area (Å²) in [7, 11) is 0. The van der Waals surface area contributed by atoms with Crippen molar-refractivity contribution in [1.82, 2.24) is 14.5 Å². The lowest BCUT2D eigenvalue weighted by Gasteiger charge is -2.35. The number of aryl methyl sites for hydroxylation is 1. The number of carbonyl (C=O) groups is 1. The fraction of sp³-hybridized carbons (Fsp3) is 0.462. The van der Waals surface area contributed by atoms with Crippen molar-refractivity contribution in [2.75, 3.05) is 26.3 Å². The van der Waals surface area contributed by atoms with Gasteiger partial charge in [0.15, 0.2) is 0 Å². The van der Waals surface area contributed by atoms with E-state index in [1.54, 1.807) is 6.08 Å². The number of hydrogen-bond donors (Lipinski definition) is 1. The molecule has 0 amide bonds. The zero-order chi connectivity index (χ0) is 25.4. The van der Waals surface area contributed by atoms with Gasteiger partial charge in [-0.1, -0.05) is 45.0 Å². The summed E-state index contributed by atoms with van der Waals surface area (Å²) >= 11 is 6.35. The van der Waals surface area contributed by atoms with Gasteiger partial charge in [0.2, 0.25) is 0 Å². The average Bonchev–Trinajstić information content (AvgIpc) is 3.12. The number of ether oxygens (including phenoxy) is 1. The molecule has 1 aliphatic rings. The molecule has 2 heterocycles. The highest BCUT2D eigenvalue weighted by atomic mass is 35.5. The van der Waals surface area contributed by atoms with Crippen LogP contribution in [0.15, 0.2) is 46.9 Å². The van der Waals surface area contributed by atoms with E-state index in [2.05, 4.69) is 25.3 Å². The molecule has 1 unspecified atom stereocenters. The number of allylic oxidation sites excluding steroid dienone is 7. The fourth-order valence-corrected chi connectivity index (χ4v) is 4.33. The maximum atomic E-state index is 14.5. The second-order valence-electron chi connectivity index (χ2n) is 8.75. The molecule has 0 aromatic carbocycles. The second kappa shape index (κ2) is 12.7. The predicted molar refractivity (Wildman–Crippen MR) is 138 cm³/mol. The normalized spacial score (nSPS) is 17.4. The number of nitrogens with zero attached hydrogens (tertiary/aromatic N) is 3. The minimum atomic E-state index is -0.781. The van der Waals surface area contributed by atoms with Crippen LogP contribution in [0.25, 0.3) is 11.9 Å². The van der Waals surface area contributed by atoms with E-state index in [9.17, 15) is 9.18 Å². The zero-order valence-corrected chi connectivity index (χ0v) is 21.5. The molecule has 1 saturated heterocycles. The number of aromatic nitrogens is 2. The Morgan fingerprint density at radius 2 is 1.97 bits per heavy atom. The van der Waals surface area contributed by atoms with Crippen molar-refractivity contribution in [1.29, 1.82) is 0 Å². The average molecular weight is 491 g/mol. The molecule has 8 heteroatoms. The van der Waals surface area contributed by atoms with Gasteiger partial charge in [0, 0.05) is 37.0 Å². The molecule has 0 spiro atoms. The van der Waals surface area contributed by atoms with Gasteiger partial charge in [-0.05, 0) is 37.8 Å². The Labute approximate surface area is 207 Å². The summed E-state index contributed by atoms with van der Waals surface area (Å²) in [6, 6.07) is 0. The zero-order valence-electron chi connectivity index (χ0n) is 20.8. The Morgan fingerprint density at radius 3 is 2.50 bits per heavy atom. The molecule has 0 bridgehead atoms. The minimum Gasteiger partial charge on any atom is -0.397 e. The van der Waals surface area contributed by atoms with Crippen molar-refractivity contribution in [3.05, 3.63) is 64.1 Å². The van der Waals surface area contributed by atoms with Gasteiger partial charge < -0.3 is 19.9 Å². The number of carbonyl (C=O) groups excluding carboxylic acids is 1. The number of halogens is 2. The number of hydrogen-bond acceptors (Lipinski definition) is 5. The number of imidazole rings is 1. The monoisotopic (exact) mass is 490 g/mol. The highest BCUT2D eigenvalue weighted by molar-refractivity contribution is 6.32. The molecule has 186 valence electrons. The first-order chi connectivity index (χ1) is 16.1. The van der Waals surface area contributed by atoms with Crippen LogP contribution in [0.1, 0.15) is 57.2 Å². The first-order valence-corrected chi connectivity index (χ1v) is 11.9. The van der Waals surface area contributed by atoms with Crippen molar-refractivity contribution in [2.45, 2.75) is 47.0 Å². The summed E-state index contributed by atoms with van der Waals surface area (Å²) in [5.41, 5.74) is 9.88. The third-order valence-corrected chi connectivity index (χ3v) is 5.91. The summed E-state index contributed by atoms with van der Waals surface area (Å²) in [6.45, 7) is 16.7. The molecule has 0 radical (unpaired) electrons. The second-order valence-corrected chi connectivity index (χ2v) is 9.15. The summed E-state index contributed by atoms with van der Waals surface area (Å²) in [4.78, 5) is 17.9. The molecular formula is C26H36ClFN4O2. The number of nitrogens with two attached hydrogens (primary N) is 1. The largest absolute Gasteiger partial charge is 0.397 e. The molecule has 1 aromatic heterocycles. The van der Waals surface area contributed by atoms with Crippen LogP contribution in [0.5, 0.6) is 0 Å². The van der Waals surface area contributed by atoms with Crippen molar-refractivity contribution in [2.24, 2.45) is 11.7 Å². The highest BCUT2D eigenvalue weighted by Crippen LogP contribution is 2.35. The Hall–Kier alpha value is -2.64. The van der Waals surface area contributed by atoms with Crippen LogP contribution in [-0.4, -0.2) is 47.0 Å². The maximum Gasteiger partial charge on any atom is 0.145 e. The molecule has 0 aliphatic carbocycles. The van der Waals surface area contributed by atoms with Gasteiger partial charge in [-0.25, -0.2) is 9.37 Å². The lowest BCUT2D eigenvalue weighted by Crippen LogP contribution is -2.37. The van der Waals surface area contributed by atoms with E-state index in [-0.39, 0.29) is 11.0 Å². The van der Waals surface area contributed by atoms with Gasteiger partial charge in [-0.2, -0.15) is 0 Å². The molecule has 2 N–H and O–H groups in total. The molecular weight excluding hydrogens is 455 g/mol. The number of aldehydes is 1. The van der Waals surface area contributed by atoms with Crippen LogP contribution in [0, 0.1) is 12.8 Å². The Kier molecular flexibility index (Phi) is 10.3. The quantitative estimate of drug-likeness (QED) is 0.265. The predicted octanol–water partition coefficient (Wildman–Crippen LogP) is 5.52. The third kappa shape index (κ3) is 6.70. The van der Waals surface area contributed by atoms with Crippen molar-refractivity contribution in [3.8, 4) is 0 Å². The third-order valence-electron chi connectivity index (χ3n) is 5.62. The van der Waals surface area contributed by atoms with Crippen LogP contribution in [-0.2, 0) is 9.53 Å². The Balaban J connectivity index is 2.82. The minimum absolute atomic E-state index is 0.132. The van der Waals surface area contributed by atoms with Gasteiger partial charge in [0.25, 0.3) is 0 Å². The SMILES string of the molecule is C=C(N)c1c(C)nc(C(C)C(/C=C(Cl)\C(F)=C\C=O)=C(\CC(C)C)N2CCOCC2)n1/C=C\C. The Bertz CT molecular complexity index is 1010. The highest BCUT2D eigenvalue weighted by Gasteiger charge is 2.27. The lowest BCUT2D eigenvalue weighted by atomic mass is 9.92. The van der Waals surface area contributed by atoms with Gasteiger partial charge >= 0.3 is 0 Å². The van der Waals surface area contributed by atoms with E-state index in [1.807, 2.05) is 37.6 Å².